The second-order valence-electron chi connectivity index (χ2n) is 5.21. The van der Waals surface area contributed by atoms with Gasteiger partial charge in [0.1, 0.15) is 17.4 Å². The van der Waals surface area contributed by atoms with Crippen LogP contribution in [0.2, 0.25) is 0 Å². The van der Waals surface area contributed by atoms with Crippen molar-refractivity contribution in [3.05, 3.63) is 35.9 Å². The van der Waals surface area contributed by atoms with Crippen LogP contribution in [0.1, 0.15) is 38.0 Å². The molecule has 0 saturated carbocycles. The van der Waals surface area contributed by atoms with Gasteiger partial charge in [0, 0.05) is 12.1 Å². The van der Waals surface area contributed by atoms with Crippen LogP contribution in [0.15, 0.2) is 24.3 Å². The fourth-order valence-corrected chi connectivity index (χ4v) is 2.32. The zero-order valence-corrected chi connectivity index (χ0v) is 13.5. The van der Waals surface area contributed by atoms with Crippen molar-refractivity contribution in [2.75, 3.05) is 11.9 Å². The summed E-state index contributed by atoms with van der Waals surface area (Å²) in [7, 11) is 0. The number of ether oxygens (including phenoxy) is 1. The standard InChI is InChI=1S/C16H22N4O2/c1-5-22-15-8-6-14(7-9-15)18-16(21)10-11(2)20-13(4)17-12(3)19-20/h6-9,11H,5,10H2,1-4H3,(H,18,21)/t11-/m0/s1. The van der Waals surface area contributed by atoms with E-state index in [9.17, 15) is 4.79 Å². The molecule has 0 fully saturated rings. The fraction of sp³-hybridized carbons (Fsp3) is 0.438. The second kappa shape index (κ2) is 7.06. The number of nitrogens with zero attached hydrogens (tertiary/aromatic N) is 3. The van der Waals surface area contributed by atoms with E-state index in [0.29, 0.717) is 13.0 Å². The molecule has 0 aliphatic rings. The highest BCUT2D eigenvalue weighted by Gasteiger charge is 2.14. The number of amides is 1. The highest BCUT2D eigenvalue weighted by atomic mass is 16.5. The average Bonchev–Trinajstić information content (AvgIpc) is 2.80. The van der Waals surface area contributed by atoms with E-state index >= 15 is 0 Å². The highest BCUT2D eigenvalue weighted by Crippen LogP contribution is 2.17. The van der Waals surface area contributed by atoms with Gasteiger partial charge in [-0.3, -0.25) is 4.79 Å². The summed E-state index contributed by atoms with van der Waals surface area (Å²) in [6.07, 6.45) is 0.344. The molecule has 0 aliphatic carbocycles. The first-order valence-electron chi connectivity index (χ1n) is 7.42. The number of rotatable bonds is 6. The molecule has 1 N–H and O–H groups in total. The van der Waals surface area contributed by atoms with E-state index in [1.165, 1.54) is 0 Å². The van der Waals surface area contributed by atoms with E-state index in [1.807, 2.05) is 52.0 Å². The molecule has 1 atom stereocenters. The Kier molecular flexibility index (Phi) is 5.14. The Morgan fingerprint density at radius 3 is 2.55 bits per heavy atom. The summed E-state index contributed by atoms with van der Waals surface area (Å²) < 4.78 is 7.16. The monoisotopic (exact) mass is 302 g/mol. The van der Waals surface area contributed by atoms with Crippen molar-refractivity contribution >= 4 is 11.6 Å². The third-order valence-corrected chi connectivity index (χ3v) is 3.26. The molecular weight excluding hydrogens is 280 g/mol. The highest BCUT2D eigenvalue weighted by molar-refractivity contribution is 5.90. The maximum absolute atomic E-state index is 12.1. The number of nitrogens with one attached hydrogen (secondary N) is 1. The van der Waals surface area contributed by atoms with Crippen LogP contribution >= 0.6 is 0 Å². The van der Waals surface area contributed by atoms with Gasteiger partial charge in [0.05, 0.1) is 12.6 Å². The molecule has 2 rings (SSSR count). The van der Waals surface area contributed by atoms with Crippen LogP contribution in [-0.2, 0) is 4.79 Å². The Morgan fingerprint density at radius 1 is 1.32 bits per heavy atom. The van der Waals surface area contributed by atoms with Crippen molar-refractivity contribution in [1.82, 2.24) is 14.8 Å². The summed E-state index contributed by atoms with van der Waals surface area (Å²) in [5.74, 6) is 2.28. The Bertz CT molecular complexity index is 634. The van der Waals surface area contributed by atoms with Crippen LogP contribution in [0, 0.1) is 13.8 Å². The van der Waals surface area contributed by atoms with Gasteiger partial charge in [-0.25, -0.2) is 9.67 Å². The molecule has 6 heteroatoms. The van der Waals surface area contributed by atoms with Crippen LogP contribution in [0.3, 0.4) is 0 Å². The molecule has 0 unspecified atom stereocenters. The predicted molar refractivity (Wildman–Crippen MR) is 85.1 cm³/mol. The molecule has 1 aromatic carbocycles. The summed E-state index contributed by atoms with van der Waals surface area (Å²) in [4.78, 5) is 16.4. The number of hydrogen-bond donors (Lipinski definition) is 1. The van der Waals surface area contributed by atoms with Crippen molar-refractivity contribution < 1.29 is 9.53 Å². The zero-order valence-electron chi connectivity index (χ0n) is 13.5. The third-order valence-electron chi connectivity index (χ3n) is 3.26. The quantitative estimate of drug-likeness (QED) is 0.891. The number of aryl methyl sites for hydroxylation is 2. The largest absolute Gasteiger partial charge is 0.494 e. The lowest BCUT2D eigenvalue weighted by molar-refractivity contribution is -0.116. The van der Waals surface area contributed by atoms with Gasteiger partial charge in [-0.05, 0) is 52.0 Å². The summed E-state index contributed by atoms with van der Waals surface area (Å²) >= 11 is 0. The minimum atomic E-state index is -0.0517. The maximum atomic E-state index is 12.1. The van der Waals surface area contributed by atoms with Gasteiger partial charge < -0.3 is 10.1 Å². The fourth-order valence-electron chi connectivity index (χ4n) is 2.32. The molecule has 1 amide bonds. The molecule has 118 valence electrons. The SMILES string of the molecule is CCOc1ccc(NC(=O)C[C@H](C)n2nc(C)nc2C)cc1. The number of aromatic nitrogens is 3. The van der Waals surface area contributed by atoms with Gasteiger partial charge in [-0.15, -0.1) is 0 Å². The number of anilines is 1. The van der Waals surface area contributed by atoms with E-state index < -0.39 is 0 Å². The molecular formula is C16H22N4O2. The first-order chi connectivity index (χ1) is 10.5. The smallest absolute Gasteiger partial charge is 0.226 e. The molecule has 1 aromatic heterocycles. The van der Waals surface area contributed by atoms with E-state index in [2.05, 4.69) is 15.4 Å². The molecule has 1 heterocycles. The van der Waals surface area contributed by atoms with Gasteiger partial charge in [-0.2, -0.15) is 5.10 Å². The minimum absolute atomic E-state index is 0.0381. The number of benzene rings is 1. The Hall–Kier alpha value is -2.37. The van der Waals surface area contributed by atoms with E-state index in [4.69, 9.17) is 4.74 Å². The first-order valence-corrected chi connectivity index (χ1v) is 7.42. The molecule has 0 spiro atoms. The van der Waals surface area contributed by atoms with Crippen LogP contribution < -0.4 is 10.1 Å². The lowest BCUT2D eigenvalue weighted by atomic mass is 10.2. The molecule has 0 saturated heterocycles. The summed E-state index contributed by atoms with van der Waals surface area (Å²) in [5, 5.41) is 7.19. The summed E-state index contributed by atoms with van der Waals surface area (Å²) in [6.45, 7) is 8.25. The molecule has 6 nitrogen and oxygen atoms in total. The number of carbonyl (C=O) groups excluding carboxylic acids is 1. The molecule has 0 radical (unpaired) electrons. The lowest BCUT2D eigenvalue weighted by Gasteiger charge is -2.13. The average molecular weight is 302 g/mol. The van der Waals surface area contributed by atoms with Gasteiger partial charge in [-0.1, -0.05) is 0 Å². The molecule has 2 aromatic rings. The molecule has 22 heavy (non-hydrogen) atoms. The van der Waals surface area contributed by atoms with Gasteiger partial charge >= 0.3 is 0 Å². The number of hydrogen-bond acceptors (Lipinski definition) is 4. The summed E-state index contributed by atoms with van der Waals surface area (Å²) in [5.41, 5.74) is 0.757. The van der Waals surface area contributed by atoms with Crippen LogP contribution in [0.25, 0.3) is 0 Å². The topological polar surface area (TPSA) is 69.0 Å². The molecule has 0 bridgehead atoms. The van der Waals surface area contributed by atoms with Crippen LogP contribution in [0.4, 0.5) is 5.69 Å². The van der Waals surface area contributed by atoms with Crippen molar-refractivity contribution in [2.24, 2.45) is 0 Å². The van der Waals surface area contributed by atoms with Crippen molar-refractivity contribution in [2.45, 2.75) is 40.2 Å². The zero-order chi connectivity index (χ0) is 16.1. The predicted octanol–water partition coefficient (Wildman–Crippen LogP) is 2.88. The minimum Gasteiger partial charge on any atom is -0.494 e. The maximum Gasteiger partial charge on any atom is 0.226 e. The summed E-state index contributed by atoms with van der Waals surface area (Å²) in [6, 6.07) is 7.31. The normalized spacial score (nSPS) is 12.0. The molecule has 0 aliphatic heterocycles. The van der Waals surface area contributed by atoms with E-state index in [-0.39, 0.29) is 11.9 Å². The third kappa shape index (κ3) is 4.07. The van der Waals surface area contributed by atoms with Gasteiger partial charge in [0.15, 0.2) is 0 Å². The number of carbonyl (C=O) groups is 1. The Morgan fingerprint density at radius 2 is 2.00 bits per heavy atom. The lowest BCUT2D eigenvalue weighted by Crippen LogP contribution is -2.19. The van der Waals surface area contributed by atoms with Gasteiger partial charge in [0.2, 0.25) is 5.91 Å². The van der Waals surface area contributed by atoms with Crippen molar-refractivity contribution in [3.8, 4) is 5.75 Å². The van der Waals surface area contributed by atoms with Crippen LogP contribution in [0.5, 0.6) is 5.75 Å². The van der Waals surface area contributed by atoms with E-state index in [1.54, 1.807) is 4.68 Å². The Balaban J connectivity index is 1.93. The first kappa shape index (κ1) is 16.0. The van der Waals surface area contributed by atoms with Gasteiger partial charge in [0.25, 0.3) is 0 Å². The second-order valence-corrected chi connectivity index (χ2v) is 5.21. The Labute approximate surface area is 130 Å². The van der Waals surface area contributed by atoms with Crippen molar-refractivity contribution in [1.29, 1.82) is 0 Å². The van der Waals surface area contributed by atoms with E-state index in [0.717, 1.165) is 23.1 Å². The van der Waals surface area contributed by atoms with Crippen LogP contribution in [-0.4, -0.2) is 27.3 Å². The van der Waals surface area contributed by atoms with Crippen molar-refractivity contribution in [3.63, 3.8) is 0 Å².